The number of amidine groups is 1. The molecule has 3 aliphatic rings. The van der Waals surface area contributed by atoms with Crippen LogP contribution >= 0.6 is 0 Å². The summed E-state index contributed by atoms with van der Waals surface area (Å²) in [5, 5.41) is 16.1. The third-order valence-corrected chi connectivity index (χ3v) is 5.71. The lowest BCUT2D eigenvalue weighted by Crippen LogP contribution is -2.35. The van der Waals surface area contributed by atoms with E-state index in [1.807, 2.05) is 24.3 Å². The Balaban J connectivity index is 1.76. The Morgan fingerprint density at radius 1 is 1.04 bits per heavy atom. The summed E-state index contributed by atoms with van der Waals surface area (Å²) in [6, 6.07) is 15.1. The van der Waals surface area contributed by atoms with E-state index in [1.165, 1.54) is 24.0 Å². The summed E-state index contributed by atoms with van der Waals surface area (Å²) in [6.07, 6.45) is 4.62. The van der Waals surface area contributed by atoms with Crippen LogP contribution in [-0.4, -0.2) is 23.1 Å². The first-order valence-corrected chi connectivity index (χ1v) is 9.11. The van der Waals surface area contributed by atoms with Crippen LogP contribution in [0.1, 0.15) is 42.4 Å². The molecule has 5 heteroatoms. The molecule has 0 unspecified atom stereocenters. The van der Waals surface area contributed by atoms with E-state index in [1.54, 1.807) is 0 Å². The fourth-order valence-corrected chi connectivity index (χ4v) is 4.60. The van der Waals surface area contributed by atoms with Crippen molar-refractivity contribution in [1.29, 1.82) is 0 Å². The number of ether oxygens (including phenoxy) is 1. The van der Waals surface area contributed by atoms with Crippen LogP contribution in [0.4, 0.5) is 0 Å². The van der Waals surface area contributed by atoms with Crippen LogP contribution < -0.4 is 15.8 Å². The maximum absolute atomic E-state index is 9.16. The average Bonchev–Trinajstić information content (AvgIpc) is 3.02. The molecule has 2 saturated heterocycles. The molecule has 2 aromatic carbocycles. The van der Waals surface area contributed by atoms with E-state index in [0.717, 1.165) is 29.7 Å². The first-order valence-electron chi connectivity index (χ1n) is 9.11. The third-order valence-electron chi connectivity index (χ3n) is 5.71. The predicted molar refractivity (Wildman–Crippen MR) is 101 cm³/mol. The molecule has 5 rings (SSSR count). The third kappa shape index (κ3) is 2.31. The monoisotopic (exact) mass is 347 g/mol. The van der Waals surface area contributed by atoms with Gasteiger partial charge in [-0.15, -0.1) is 0 Å². The van der Waals surface area contributed by atoms with Gasteiger partial charge in [0.05, 0.1) is 5.56 Å². The van der Waals surface area contributed by atoms with Crippen molar-refractivity contribution in [1.82, 2.24) is 5.32 Å². The summed E-state index contributed by atoms with van der Waals surface area (Å²) >= 11 is 0. The van der Waals surface area contributed by atoms with Crippen molar-refractivity contribution < 1.29 is 9.94 Å². The van der Waals surface area contributed by atoms with Gasteiger partial charge in [0, 0.05) is 23.2 Å². The van der Waals surface area contributed by atoms with Crippen LogP contribution in [0.15, 0.2) is 53.2 Å². The smallest absolute Gasteiger partial charge is 0.173 e. The predicted octanol–water partition coefficient (Wildman–Crippen LogP) is 3.60. The second kappa shape index (κ2) is 5.88. The van der Waals surface area contributed by atoms with Gasteiger partial charge in [-0.25, -0.2) is 0 Å². The SMILES string of the molecule is N/C(=N\O)c1cccc2c1Oc1ccccc1/C2=C1\C[C@H]2CC[C@@H](C1)N2. The van der Waals surface area contributed by atoms with Crippen LogP contribution in [0.25, 0.3) is 5.57 Å². The highest BCUT2D eigenvalue weighted by Crippen LogP contribution is 2.48. The van der Waals surface area contributed by atoms with Crippen LogP contribution in [0.5, 0.6) is 11.5 Å². The molecule has 0 aliphatic carbocycles. The number of hydrogen-bond donors (Lipinski definition) is 3. The van der Waals surface area contributed by atoms with Crippen molar-refractivity contribution in [3.05, 3.63) is 64.7 Å². The molecular weight excluding hydrogens is 326 g/mol. The number of hydrogen-bond acceptors (Lipinski definition) is 4. The lowest BCUT2D eigenvalue weighted by Gasteiger charge is -2.31. The summed E-state index contributed by atoms with van der Waals surface area (Å²) < 4.78 is 6.20. The van der Waals surface area contributed by atoms with E-state index < -0.39 is 0 Å². The van der Waals surface area contributed by atoms with Crippen LogP contribution in [0.2, 0.25) is 0 Å². The Morgan fingerprint density at radius 2 is 1.77 bits per heavy atom. The molecule has 2 atom stereocenters. The average molecular weight is 347 g/mol. The highest BCUT2D eigenvalue weighted by molar-refractivity contribution is 6.03. The van der Waals surface area contributed by atoms with E-state index in [4.69, 9.17) is 15.7 Å². The Kier molecular flexibility index (Phi) is 3.50. The first kappa shape index (κ1) is 15.5. The maximum atomic E-state index is 9.16. The summed E-state index contributed by atoms with van der Waals surface area (Å²) in [5.74, 6) is 1.57. The topological polar surface area (TPSA) is 79.9 Å². The van der Waals surface area contributed by atoms with Crippen LogP contribution in [-0.2, 0) is 0 Å². The van der Waals surface area contributed by atoms with E-state index in [2.05, 4.69) is 28.7 Å². The number of nitrogens with zero attached hydrogens (tertiary/aromatic N) is 1. The molecule has 0 radical (unpaired) electrons. The molecular formula is C21H21N3O2. The minimum atomic E-state index is 0.0657. The van der Waals surface area contributed by atoms with Gasteiger partial charge in [-0.3, -0.25) is 0 Å². The van der Waals surface area contributed by atoms with Gasteiger partial charge < -0.3 is 21.0 Å². The van der Waals surface area contributed by atoms with Crippen molar-refractivity contribution in [2.75, 3.05) is 0 Å². The Hall–Kier alpha value is -2.79. The molecule has 0 aromatic heterocycles. The molecule has 0 spiro atoms. The summed E-state index contributed by atoms with van der Waals surface area (Å²) in [4.78, 5) is 0. The highest BCUT2D eigenvalue weighted by Gasteiger charge is 2.34. The molecule has 3 heterocycles. The molecule has 2 aromatic rings. The van der Waals surface area contributed by atoms with Crippen LogP contribution in [0, 0.1) is 0 Å². The molecule has 5 nitrogen and oxygen atoms in total. The van der Waals surface area contributed by atoms with Gasteiger partial charge in [0.15, 0.2) is 5.84 Å². The second-order valence-electron chi connectivity index (χ2n) is 7.29. The highest BCUT2D eigenvalue weighted by atomic mass is 16.5. The van der Waals surface area contributed by atoms with E-state index in [0.29, 0.717) is 23.4 Å². The first-order chi connectivity index (χ1) is 12.7. The Morgan fingerprint density at radius 3 is 2.54 bits per heavy atom. The number of nitrogens with one attached hydrogen (secondary N) is 1. The van der Waals surface area contributed by atoms with Gasteiger partial charge in [0.25, 0.3) is 0 Å². The zero-order valence-electron chi connectivity index (χ0n) is 14.4. The van der Waals surface area contributed by atoms with Gasteiger partial charge in [-0.05, 0) is 43.4 Å². The molecule has 2 fully saturated rings. The molecule has 132 valence electrons. The fraction of sp³-hybridized carbons (Fsp3) is 0.286. The molecule has 3 aliphatic heterocycles. The lowest BCUT2D eigenvalue weighted by atomic mass is 9.84. The maximum Gasteiger partial charge on any atom is 0.173 e. The normalized spacial score (nSPS) is 26.8. The minimum absolute atomic E-state index is 0.0657. The number of para-hydroxylation sites is 2. The van der Waals surface area contributed by atoms with Crippen LogP contribution in [0.3, 0.4) is 0 Å². The quantitative estimate of drug-likeness (QED) is 0.272. The second-order valence-corrected chi connectivity index (χ2v) is 7.29. The van der Waals surface area contributed by atoms with E-state index in [-0.39, 0.29) is 5.84 Å². The van der Waals surface area contributed by atoms with Gasteiger partial charge in [-0.2, -0.15) is 0 Å². The number of fused-ring (bicyclic) bond motifs is 4. The number of rotatable bonds is 1. The summed E-state index contributed by atoms with van der Waals surface area (Å²) in [6.45, 7) is 0. The fourth-order valence-electron chi connectivity index (χ4n) is 4.60. The van der Waals surface area contributed by atoms with Gasteiger partial charge in [0.2, 0.25) is 0 Å². The number of piperidine rings is 1. The summed E-state index contributed by atoms with van der Waals surface area (Å²) in [7, 11) is 0. The zero-order chi connectivity index (χ0) is 17.7. The molecule has 0 saturated carbocycles. The van der Waals surface area contributed by atoms with Gasteiger partial charge in [-0.1, -0.05) is 41.1 Å². The number of oxime groups is 1. The van der Waals surface area contributed by atoms with Crippen molar-refractivity contribution in [3.63, 3.8) is 0 Å². The summed E-state index contributed by atoms with van der Waals surface area (Å²) in [5.41, 5.74) is 11.4. The number of nitrogens with two attached hydrogens (primary N) is 1. The zero-order valence-corrected chi connectivity index (χ0v) is 14.4. The van der Waals surface area contributed by atoms with E-state index >= 15 is 0 Å². The van der Waals surface area contributed by atoms with Crippen molar-refractivity contribution in [3.8, 4) is 11.5 Å². The van der Waals surface area contributed by atoms with Crippen molar-refractivity contribution in [2.45, 2.75) is 37.8 Å². The van der Waals surface area contributed by atoms with Crippen molar-refractivity contribution in [2.24, 2.45) is 10.9 Å². The molecule has 26 heavy (non-hydrogen) atoms. The van der Waals surface area contributed by atoms with Gasteiger partial charge in [0.1, 0.15) is 11.5 Å². The largest absolute Gasteiger partial charge is 0.455 e. The minimum Gasteiger partial charge on any atom is -0.455 e. The van der Waals surface area contributed by atoms with E-state index in [9.17, 15) is 0 Å². The lowest BCUT2D eigenvalue weighted by molar-refractivity contribution is 0.318. The Bertz CT molecular complexity index is 934. The molecule has 0 amide bonds. The molecule has 2 bridgehead atoms. The number of benzene rings is 2. The molecule has 4 N–H and O–H groups in total. The van der Waals surface area contributed by atoms with Crippen molar-refractivity contribution >= 4 is 11.4 Å². The Labute approximate surface area is 152 Å². The van der Waals surface area contributed by atoms with Gasteiger partial charge >= 0.3 is 0 Å². The standard InChI is InChI=1S/C21H21N3O2/c22-21(24-25)17-6-3-5-16-19(12-10-13-8-9-14(11-12)23-13)15-4-1-2-7-18(15)26-20(16)17/h1-7,13-14,23,25H,8-11H2,(H2,22,24)/b19-12-/t13-,14+/m1/s1.